The van der Waals surface area contributed by atoms with Gasteiger partial charge in [0.2, 0.25) is 0 Å². The fourth-order valence-corrected chi connectivity index (χ4v) is 4.48. The molecule has 1 aromatic carbocycles. The summed E-state index contributed by atoms with van der Waals surface area (Å²) in [5.74, 6) is -0.159. The molecule has 152 valence electrons. The summed E-state index contributed by atoms with van der Waals surface area (Å²) >= 11 is 0. The lowest BCUT2D eigenvalue weighted by Gasteiger charge is -2.22. The van der Waals surface area contributed by atoms with Crippen LogP contribution < -0.4 is 10.6 Å². The summed E-state index contributed by atoms with van der Waals surface area (Å²) in [5.41, 5.74) is 3.50. The van der Waals surface area contributed by atoms with Crippen LogP contribution in [0.25, 0.3) is 0 Å². The number of hydrogen-bond acceptors (Lipinski definition) is 5. The third-order valence-corrected chi connectivity index (χ3v) is 6.15. The van der Waals surface area contributed by atoms with Crippen molar-refractivity contribution < 1.29 is 14.7 Å². The standard InChI is InChI=1S/C22H26N4O3/c1-13-18(11-23-12-25-13)21(28)24-10-15-5-3-7-19(15)26-22(29)17-9-8-14-4-2-6-16(14)20(17)27/h8-9,11-12,15,19,27H,2-7,10H2,1H3,(H,24,28)(H,26,29). The first kappa shape index (κ1) is 19.4. The highest BCUT2D eigenvalue weighted by Crippen LogP contribution is 2.33. The number of amides is 2. The molecule has 2 aromatic rings. The molecule has 0 radical (unpaired) electrons. The Bertz CT molecular complexity index is 944. The number of phenols is 1. The first-order chi connectivity index (χ1) is 14.0. The number of phenolic OH excluding ortho intramolecular Hbond substituents is 1. The highest BCUT2D eigenvalue weighted by molar-refractivity contribution is 5.97. The second-order valence-electron chi connectivity index (χ2n) is 7.96. The van der Waals surface area contributed by atoms with E-state index in [0.717, 1.165) is 49.7 Å². The maximum Gasteiger partial charge on any atom is 0.255 e. The van der Waals surface area contributed by atoms with Crippen molar-refractivity contribution in [2.45, 2.75) is 51.5 Å². The van der Waals surface area contributed by atoms with Crippen molar-refractivity contribution in [3.63, 3.8) is 0 Å². The molecule has 2 atom stereocenters. The molecule has 1 aromatic heterocycles. The number of aromatic nitrogens is 2. The number of fused-ring (bicyclic) bond motifs is 1. The highest BCUT2D eigenvalue weighted by Gasteiger charge is 2.30. The first-order valence-electron chi connectivity index (χ1n) is 10.2. The van der Waals surface area contributed by atoms with Gasteiger partial charge in [0.15, 0.2) is 0 Å². The Labute approximate surface area is 170 Å². The van der Waals surface area contributed by atoms with Gasteiger partial charge in [0, 0.05) is 18.8 Å². The van der Waals surface area contributed by atoms with Gasteiger partial charge in [-0.05, 0) is 62.1 Å². The van der Waals surface area contributed by atoms with Crippen LogP contribution in [0.5, 0.6) is 5.75 Å². The van der Waals surface area contributed by atoms with Gasteiger partial charge in [0.1, 0.15) is 12.1 Å². The Hall–Kier alpha value is -2.96. The Kier molecular flexibility index (Phi) is 5.47. The summed E-state index contributed by atoms with van der Waals surface area (Å²) in [7, 11) is 0. The third kappa shape index (κ3) is 3.95. The normalized spacial score (nSPS) is 20.3. The topological polar surface area (TPSA) is 104 Å². The molecule has 2 unspecified atom stereocenters. The average molecular weight is 394 g/mol. The summed E-state index contributed by atoms with van der Waals surface area (Å²) in [6.45, 7) is 2.26. The zero-order chi connectivity index (χ0) is 20.4. The third-order valence-electron chi connectivity index (χ3n) is 6.15. The van der Waals surface area contributed by atoms with Gasteiger partial charge in [-0.2, -0.15) is 0 Å². The summed E-state index contributed by atoms with van der Waals surface area (Å²) in [6, 6.07) is 3.65. The van der Waals surface area contributed by atoms with Gasteiger partial charge in [-0.15, -0.1) is 0 Å². The Balaban J connectivity index is 1.38. The Morgan fingerprint density at radius 3 is 2.83 bits per heavy atom. The van der Waals surface area contributed by atoms with Crippen LogP contribution in [0.1, 0.15) is 63.2 Å². The van der Waals surface area contributed by atoms with E-state index in [1.165, 1.54) is 12.5 Å². The molecule has 1 heterocycles. The van der Waals surface area contributed by atoms with Crippen molar-refractivity contribution in [3.8, 4) is 5.75 Å². The molecule has 2 aliphatic carbocycles. The van der Waals surface area contributed by atoms with E-state index in [1.54, 1.807) is 13.0 Å². The minimum atomic E-state index is -0.243. The number of benzene rings is 1. The lowest BCUT2D eigenvalue weighted by Crippen LogP contribution is -2.42. The van der Waals surface area contributed by atoms with Gasteiger partial charge in [0.05, 0.1) is 16.8 Å². The van der Waals surface area contributed by atoms with Crippen molar-refractivity contribution in [3.05, 3.63) is 52.6 Å². The monoisotopic (exact) mass is 394 g/mol. The molecule has 0 spiro atoms. The summed E-state index contributed by atoms with van der Waals surface area (Å²) in [5, 5.41) is 16.5. The average Bonchev–Trinajstić information content (AvgIpc) is 3.36. The number of carbonyl (C=O) groups excluding carboxylic acids is 2. The molecule has 0 aliphatic heterocycles. The highest BCUT2D eigenvalue weighted by atomic mass is 16.3. The molecular weight excluding hydrogens is 368 g/mol. The molecular formula is C22H26N4O3. The quantitative estimate of drug-likeness (QED) is 0.722. The minimum absolute atomic E-state index is 0.0245. The van der Waals surface area contributed by atoms with Crippen molar-refractivity contribution in [1.29, 1.82) is 0 Å². The van der Waals surface area contributed by atoms with Crippen LogP contribution in [0.2, 0.25) is 0 Å². The number of carbonyl (C=O) groups is 2. The summed E-state index contributed by atoms with van der Waals surface area (Å²) < 4.78 is 0. The van der Waals surface area contributed by atoms with E-state index in [1.807, 2.05) is 6.07 Å². The van der Waals surface area contributed by atoms with Crippen LogP contribution in [0.3, 0.4) is 0 Å². The van der Waals surface area contributed by atoms with E-state index in [9.17, 15) is 14.7 Å². The summed E-state index contributed by atoms with van der Waals surface area (Å²) in [4.78, 5) is 33.2. The van der Waals surface area contributed by atoms with Crippen molar-refractivity contribution in [2.75, 3.05) is 6.54 Å². The molecule has 1 saturated carbocycles. The number of nitrogens with one attached hydrogen (secondary N) is 2. The molecule has 7 heteroatoms. The molecule has 0 bridgehead atoms. The maximum atomic E-state index is 12.8. The number of aromatic hydroxyl groups is 1. The molecule has 2 amide bonds. The van der Waals surface area contributed by atoms with Crippen LogP contribution >= 0.6 is 0 Å². The second-order valence-corrected chi connectivity index (χ2v) is 7.96. The predicted octanol–water partition coefficient (Wildman–Crippen LogP) is 2.31. The fourth-order valence-electron chi connectivity index (χ4n) is 4.48. The largest absolute Gasteiger partial charge is 0.507 e. The fraction of sp³-hybridized carbons (Fsp3) is 0.455. The van der Waals surface area contributed by atoms with Crippen molar-refractivity contribution in [2.24, 2.45) is 5.92 Å². The van der Waals surface area contributed by atoms with E-state index >= 15 is 0 Å². The predicted molar refractivity (Wildman–Crippen MR) is 108 cm³/mol. The van der Waals surface area contributed by atoms with Crippen LogP contribution in [0.15, 0.2) is 24.7 Å². The first-order valence-corrected chi connectivity index (χ1v) is 10.2. The molecule has 7 nitrogen and oxygen atoms in total. The zero-order valence-corrected chi connectivity index (χ0v) is 16.6. The Morgan fingerprint density at radius 1 is 1.14 bits per heavy atom. The van der Waals surface area contributed by atoms with E-state index in [2.05, 4.69) is 20.6 Å². The van der Waals surface area contributed by atoms with Crippen LogP contribution in [0, 0.1) is 12.8 Å². The number of rotatable bonds is 5. The van der Waals surface area contributed by atoms with E-state index in [-0.39, 0.29) is 29.5 Å². The molecule has 4 rings (SSSR count). The maximum absolute atomic E-state index is 12.8. The van der Waals surface area contributed by atoms with Gasteiger partial charge < -0.3 is 15.7 Å². The van der Waals surface area contributed by atoms with Gasteiger partial charge in [-0.25, -0.2) is 9.97 Å². The zero-order valence-electron chi connectivity index (χ0n) is 16.6. The molecule has 0 saturated heterocycles. The smallest absolute Gasteiger partial charge is 0.255 e. The Morgan fingerprint density at radius 2 is 2.00 bits per heavy atom. The van der Waals surface area contributed by atoms with Crippen LogP contribution in [-0.4, -0.2) is 39.5 Å². The van der Waals surface area contributed by atoms with E-state index < -0.39 is 0 Å². The van der Waals surface area contributed by atoms with Gasteiger partial charge in [-0.1, -0.05) is 12.5 Å². The van der Waals surface area contributed by atoms with E-state index in [4.69, 9.17) is 0 Å². The molecule has 29 heavy (non-hydrogen) atoms. The van der Waals surface area contributed by atoms with E-state index in [0.29, 0.717) is 23.4 Å². The minimum Gasteiger partial charge on any atom is -0.507 e. The second kappa shape index (κ2) is 8.19. The van der Waals surface area contributed by atoms with Gasteiger partial charge in [0.25, 0.3) is 11.8 Å². The molecule has 1 fully saturated rings. The van der Waals surface area contributed by atoms with Crippen LogP contribution in [-0.2, 0) is 12.8 Å². The van der Waals surface area contributed by atoms with Gasteiger partial charge >= 0.3 is 0 Å². The summed E-state index contributed by atoms with van der Waals surface area (Å²) in [6.07, 6.45) is 8.53. The van der Waals surface area contributed by atoms with Crippen LogP contribution in [0.4, 0.5) is 0 Å². The number of nitrogens with zero attached hydrogens (tertiary/aromatic N) is 2. The van der Waals surface area contributed by atoms with Crippen molar-refractivity contribution in [1.82, 2.24) is 20.6 Å². The number of aryl methyl sites for hydroxylation is 2. The lowest BCUT2D eigenvalue weighted by atomic mass is 10.0. The van der Waals surface area contributed by atoms with Gasteiger partial charge in [-0.3, -0.25) is 9.59 Å². The molecule has 2 aliphatic rings. The SMILES string of the molecule is Cc1ncncc1C(=O)NCC1CCCC1NC(=O)c1ccc2c(c1O)CCC2. The molecule has 3 N–H and O–H groups in total. The number of hydrogen-bond donors (Lipinski definition) is 3. The lowest BCUT2D eigenvalue weighted by molar-refractivity contribution is 0.0920. The van der Waals surface area contributed by atoms with Crippen molar-refractivity contribution >= 4 is 11.8 Å².